The van der Waals surface area contributed by atoms with Crippen molar-refractivity contribution >= 4 is 57.0 Å². The summed E-state index contributed by atoms with van der Waals surface area (Å²) in [6.07, 6.45) is 2.49. The summed E-state index contributed by atoms with van der Waals surface area (Å²) in [4.78, 5) is 0. The maximum atomic E-state index is 7.15. The second kappa shape index (κ2) is 12.4. The molecular weight excluding hydrogens is 759 g/mol. The van der Waals surface area contributed by atoms with Crippen LogP contribution in [-0.2, 0) is 5.66 Å². The van der Waals surface area contributed by atoms with Crippen LogP contribution in [0.25, 0.3) is 94.3 Å². The zero-order valence-corrected chi connectivity index (χ0v) is 35.2. The number of furan rings is 1. The lowest BCUT2D eigenvalue weighted by Gasteiger charge is -2.22. The second-order valence-corrected chi connectivity index (χ2v) is 22.8. The van der Waals surface area contributed by atoms with Gasteiger partial charge in [0.05, 0.1) is 24.8 Å². The summed E-state index contributed by atoms with van der Waals surface area (Å²) < 4.78 is 15.0. The lowest BCUT2D eigenvalue weighted by atomic mass is 9.88. The first-order valence-corrected chi connectivity index (χ1v) is 24.8. The van der Waals surface area contributed by atoms with Crippen LogP contribution < -0.4 is 14.3 Å². The Morgan fingerprint density at radius 1 is 0.541 bits per heavy atom. The first-order chi connectivity index (χ1) is 29.9. The summed E-state index contributed by atoms with van der Waals surface area (Å²) >= 11 is 0. The van der Waals surface area contributed by atoms with E-state index in [1.54, 1.807) is 0 Å². The molecular formula is C56H41N3OSi+2. The summed E-state index contributed by atoms with van der Waals surface area (Å²) in [5, 5.41) is 6.08. The Bertz CT molecular complexity index is 3630. The number of aromatic nitrogens is 3. The van der Waals surface area contributed by atoms with Crippen molar-refractivity contribution in [3.8, 4) is 50.6 Å². The third-order valence-electron chi connectivity index (χ3n) is 13.4. The number of hydrogen-bond acceptors (Lipinski definition) is 1. The first kappa shape index (κ1) is 34.5. The molecule has 5 heterocycles. The molecule has 0 N–H and O–H groups in total. The highest BCUT2D eigenvalue weighted by molar-refractivity contribution is 6.88. The van der Waals surface area contributed by atoms with E-state index >= 15 is 0 Å². The number of nitrogens with zero attached hydrogens (tertiary/aromatic N) is 3. The fraction of sp³-hybridized carbons (Fsp3) is 0.0714. The summed E-state index contributed by atoms with van der Waals surface area (Å²) in [5.41, 5.74) is 15.2. The Hall–Kier alpha value is -7.34. The van der Waals surface area contributed by atoms with Crippen molar-refractivity contribution in [1.82, 2.24) is 4.57 Å². The average Bonchev–Trinajstić information content (AvgIpc) is 4.02. The number of pyridine rings is 1. The molecule has 5 heteroatoms. The van der Waals surface area contributed by atoms with E-state index in [0.29, 0.717) is 0 Å². The fourth-order valence-electron chi connectivity index (χ4n) is 10.6. The van der Waals surface area contributed by atoms with Crippen LogP contribution in [0.4, 0.5) is 0 Å². The van der Waals surface area contributed by atoms with Crippen LogP contribution in [0.1, 0.15) is 11.1 Å². The number of imidazole rings is 1. The molecule has 1 spiro atoms. The minimum absolute atomic E-state index is 0.774. The van der Waals surface area contributed by atoms with Crippen LogP contribution in [0.2, 0.25) is 19.6 Å². The number of fused-ring (bicyclic) bond motifs is 18. The molecule has 4 nitrogen and oxygen atoms in total. The van der Waals surface area contributed by atoms with Crippen molar-refractivity contribution in [2.24, 2.45) is 0 Å². The normalized spacial score (nSPS) is 15.2. The average molecular weight is 800 g/mol. The highest BCUT2D eigenvalue weighted by Gasteiger charge is 2.67. The van der Waals surface area contributed by atoms with Gasteiger partial charge >= 0.3 is 11.5 Å². The number of hydrogen-bond donors (Lipinski definition) is 0. The molecule has 1 unspecified atom stereocenters. The van der Waals surface area contributed by atoms with Crippen molar-refractivity contribution < 1.29 is 13.6 Å². The molecule has 0 amide bonds. The van der Waals surface area contributed by atoms with Gasteiger partial charge in [0, 0.05) is 33.0 Å². The predicted molar refractivity (Wildman–Crippen MR) is 251 cm³/mol. The molecule has 2 aliphatic rings. The van der Waals surface area contributed by atoms with E-state index in [2.05, 4.69) is 228 Å². The Morgan fingerprint density at radius 2 is 1.26 bits per heavy atom. The molecule has 0 fully saturated rings. The maximum Gasteiger partial charge on any atom is 0.364 e. The second-order valence-electron chi connectivity index (χ2n) is 17.7. The minimum atomic E-state index is -1.77. The predicted octanol–water partition coefficient (Wildman–Crippen LogP) is 12.4. The van der Waals surface area contributed by atoms with Gasteiger partial charge < -0.3 is 4.42 Å². The number of para-hydroxylation sites is 1. The van der Waals surface area contributed by atoms with E-state index in [9.17, 15) is 0 Å². The zero-order chi connectivity index (χ0) is 40.6. The monoisotopic (exact) mass is 799 g/mol. The molecule has 61 heavy (non-hydrogen) atoms. The Labute approximate surface area is 354 Å². The van der Waals surface area contributed by atoms with Gasteiger partial charge in [-0.1, -0.05) is 141 Å². The van der Waals surface area contributed by atoms with E-state index in [1.165, 1.54) is 55.0 Å². The van der Waals surface area contributed by atoms with Crippen LogP contribution in [0.15, 0.2) is 199 Å². The number of rotatable bonds is 4. The Kier molecular flexibility index (Phi) is 6.99. The molecule has 0 saturated carbocycles. The summed E-state index contributed by atoms with van der Waals surface area (Å²) in [6, 6.07) is 69.3. The molecule has 8 aromatic carbocycles. The standard InChI is InChI=1S/C56H41N3OSi/c1-61(2,3)40-28-33-48-44-23-12-14-24-46(44)56(57(48)35-40)47-30-29-43-42-22-13-15-25-51(42)60-54(43)52(47)55-58(50-32-26-38-20-10-11-21-41(38)53(50)59(55)56)49-31-27-39(36-16-6-4-7-17-36)34-45(49)37-18-8-5-9-19-37/h4-35H,1-3H3/q+2. The van der Waals surface area contributed by atoms with E-state index in [4.69, 9.17) is 4.42 Å². The van der Waals surface area contributed by atoms with Crippen molar-refractivity contribution in [3.05, 3.63) is 205 Å². The molecule has 1 atom stereocenters. The van der Waals surface area contributed by atoms with Crippen LogP contribution in [-0.4, -0.2) is 12.6 Å². The molecule has 0 aliphatic carbocycles. The van der Waals surface area contributed by atoms with Gasteiger partial charge in [-0.2, -0.15) is 4.57 Å². The van der Waals surface area contributed by atoms with Crippen LogP contribution in [0.3, 0.4) is 0 Å². The van der Waals surface area contributed by atoms with Gasteiger partial charge in [-0.15, -0.1) is 9.13 Å². The van der Waals surface area contributed by atoms with E-state index < -0.39 is 13.7 Å². The quantitative estimate of drug-likeness (QED) is 0.129. The Balaban J connectivity index is 1.28. The summed E-state index contributed by atoms with van der Waals surface area (Å²) in [7, 11) is -1.77. The Morgan fingerprint density at radius 3 is 2.08 bits per heavy atom. The summed E-state index contributed by atoms with van der Waals surface area (Å²) in [5.74, 6) is 1.10. The molecule has 2 aliphatic heterocycles. The van der Waals surface area contributed by atoms with Gasteiger partial charge in [0.2, 0.25) is 5.69 Å². The van der Waals surface area contributed by atoms with Crippen LogP contribution in [0, 0.1) is 0 Å². The van der Waals surface area contributed by atoms with E-state index in [-0.39, 0.29) is 0 Å². The molecule has 288 valence electrons. The largest absolute Gasteiger partial charge is 0.455 e. The van der Waals surface area contributed by atoms with Gasteiger partial charge in [-0.25, -0.2) is 0 Å². The van der Waals surface area contributed by atoms with Crippen molar-refractivity contribution in [3.63, 3.8) is 0 Å². The van der Waals surface area contributed by atoms with E-state index in [0.717, 1.165) is 55.7 Å². The van der Waals surface area contributed by atoms with Crippen LogP contribution >= 0.6 is 0 Å². The summed E-state index contributed by atoms with van der Waals surface area (Å²) in [6.45, 7) is 7.35. The van der Waals surface area contributed by atoms with Crippen molar-refractivity contribution in [2.75, 3.05) is 0 Å². The van der Waals surface area contributed by atoms with Gasteiger partial charge in [0.25, 0.3) is 0 Å². The van der Waals surface area contributed by atoms with Gasteiger partial charge in [-0.3, -0.25) is 0 Å². The van der Waals surface area contributed by atoms with Crippen LogP contribution in [0.5, 0.6) is 0 Å². The first-order valence-electron chi connectivity index (χ1n) is 21.3. The molecule has 13 rings (SSSR count). The molecule has 3 aromatic heterocycles. The minimum Gasteiger partial charge on any atom is -0.455 e. The molecule has 0 radical (unpaired) electrons. The van der Waals surface area contributed by atoms with Gasteiger partial charge in [-0.05, 0) is 82.7 Å². The smallest absolute Gasteiger partial charge is 0.364 e. The number of benzene rings is 8. The SMILES string of the molecule is C[Si](C)(C)c1ccc2[n+](c1)C1(c3ccccc3-2)c2ccc3c(oc4ccccc43)c2-c2n(-c3ccc(-c4ccccc4)cc3-c3ccccc3)c3ccc4ccccc4c3[n+]21. The lowest BCUT2D eigenvalue weighted by Crippen LogP contribution is -2.72. The highest BCUT2D eigenvalue weighted by Crippen LogP contribution is 2.53. The molecule has 0 saturated heterocycles. The fourth-order valence-corrected chi connectivity index (χ4v) is 11.7. The van der Waals surface area contributed by atoms with Gasteiger partial charge in [0.1, 0.15) is 16.8 Å². The maximum absolute atomic E-state index is 7.15. The third-order valence-corrected chi connectivity index (χ3v) is 15.4. The topological polar surface area (TPSA) is 25.8 Å². The van der Waals surface area contributed by atoms with E-state index in [1.807, 2.05) is 0 Å². The third kappa shape index (κ3) is 4.59. The van der Waals surface area contributed by atoms with Crippen molar-refractivity contribution in [1.29, 1.82) is 0 Å². The lowest BCUT2D eigenvalue weighted by molar-refractivity contribution is -0.944. The molecule has 11 aromatic rings. The molecule has 0 bridgehead atoms. The van der Waals surface area contributed by atoms with Gasteiger partial charge in [0.15, 0.2) is 22.8 Å². The zero-order valence-electron chi connectivity index (χ0n) is 34.2. The highest BCUT2D eigenvalue weighted by atomic mass is 28.3. The van der Waals surface area contributed by atoms with Crippen molar-refractivity contribution in [2.45, 2.75) is 25.3 Å².